The molecule has 0 atom stereocenters. The highest BCUT2D eigenvalue weighted by Gasteiger charge is 2.22. The molecule has 1 heterocycles. The van der Waals surface area contributed by atoms with Gasteiger partial charge >= 0.3 is 11.7 Å². The van der Waals surface area contributed by atoms with Crippen LogP contribution in [0.15, 0.2) is 30.5 Å². The van der Waals surface area contributed by atoms with E-state index in [4.69, 9.17) is 9.84 Å². The summed E-state index contributed by atoms with van der Waals surface area (Å²) >= 11 is 0. The topological polar surface area (TPSA) is 103 Å². The van der Waals surface area contributed by atoms with E-state index in [0.717, 1.165) is 6.07 Å². The second kappa shape index (κ2) is 5.53. The van der Waals surface area contributed by atoms with Crippen molar-refractivity contribution in [3.8, 4) is 11.6 Å². The SMILES string of the molecule is Cc1cnc(Oc2cccc(F)c2C(=O)O)c([N+](=O)[O-])c1. The molecule has 2 aromatic rings. The second-order valence-corrected chi connectivity index (χ2v) is 4.11. The number of nitrogens with zero attached hydrogens (tertiary/aromatic N) is 2. The van der Waals surface area contributed by atoms with E-state index in [1.54, 1.807) is 6.92 Å². The molecule has 0 radical (unpaired) electrons. The van der Waals surface area contributed by atoms with E-state index in [-0.39, 0.29) is 5.75 Å². The molecule has 21 heavy (non-hydrogen) atoms. The van der Waals surface area contributed by atoms with E-state index in [9.17, 15) is 19.3 Å². The Bertz CT molecular complexity index is 732. The molecule has 1 aromatic heterocycles. The summed E-state index contributed by atoms with van der Waals surface area (Å²) in [7, 11) is 0. The van der Waals surface area contributed by atoms with E-state index in [2.05, 4.69) is 4.98 Å². The van der Waals surface area contributed by atoms with Crippen LogP contribution in [0.4, 0.5) is 10.1 Å². The van der Waals surface area contributed by atoms with Crippen molar-refractivity contribution in [2.24, 2.45) is 0 Å². The Morgan fingerprint density at radius 3 is 2.81 bits per heavy atom. The summed E-state index contributed by atoms with van der Waals surface area (Å²) in [5, 5.41) is 19.9. The van der Waals surface area contributed by atoms with Crippen molar-refractivity contribution < 1.29 is 24.0 Å². The minimum absolute atomic E-state index is 0.359. The molecule has 0 aliphatic heterocycles. The number of aromatic nitrogens is 1. The third-order valence-corrected chi connectivity index (χ3v) is 2.56. The van der Waals surface area contributed by atoms with Crippen LogP contribution in [0.5, 0.6) is 11.6 Å². The summed E-state index contributed by atoms with van der Waals surface area (Å²) in [6, 6.07) is 4.60. The zero-order chi connectivity index (χ0) is 15.6. The maximum absolute atomic E-state index is 13.5. The van der Waals surface area contributed by atoms with Gasteiger partial charge in [-0.25, -0.2) is 14.2 Å². The first-order chi connectivity index (χ1) is 9.90. The number of pyridine rings is 1. The summed E-state index contributed by atoms with van der Waals surface area (Å²) in [4.78, 5) is 25.0. The molecule has 0 aliphatic rings. The van der Waals surface area contributed by atoms with Crippen molar-refractivity contribution >= 4 is 11.7 Å². The van der Waals surface area contributed by atoms with E-state index >= 15 is 0 Å². The molecule has 0 spiro atoms. The zero-order valence-electron chi connectivity index (χ0n) is 10.7. The molecular formula is C13H9FN2O5. The molecule has 0 saturated carbocycles. The fraction of sp³-hybridized carbons (Fsp3) is 0.0769. The predicted molar refractivity (Wildman–Crippen MR) is 69.1 cm³/mol. The molecule has 0 bridgehead atoms. The van der Waals surface area contributed by atoms with Crippen molar-refractivity contribution in [2.75, 3.05) is 0 Å². The van der Waals surface area contributed by atoms with Gasteiger partial charge in [0, 0.05) is 12.3 Å². The van der Waals surface area contributed by atoms with E-state index < -0.39 is 33.8 Å². The van der Waals surface area contributed by atoms with Crippen molar-refractivity contribution in [2.45, 2.75) is 6.92 Å². The van der Waals surface area contributed by atoms with Gasteiger partial charge in [0.2, 0.25) is 0 Å². The molecule has 7 nitrogen and oxygen atoms in total. The third kappa shape index (κ3) is 2.94. The number of ether oxygens (including phenoxy) is 1. The molecule has 1 aromatic carbocycles. The Morgan fingerprint density at radius 1 is 1.48 bits per heavy atom. The van der Waals surface area contributed by atoms with Gasteiger partial charge in [0.1, 0.15) is 17.1 Å². The Hall–Kier alpha value is -3.03. The minimum atomic E-state index is -1.54. The number of nitro groups is 1. The van der Waals surface area contributed by atoms with E-state index in [1.807, 2.05) is 0 Å². The second-order valence-electron chi connectivity index (χ2n) is 4.11. The lowest BCUT2D eigenvalue weighted by Gasteiger charge is -2.08. The van der Waals surface area contributed by atoms with Crippen molar-refractivity contribution in [1.29, 1.82) is 0 Å². The van der Waals surface area contributed by atoms with E-state index in [1.165, 1.54) is 24.4 Å². The number of carboxylic acid groups (broad SMARTS) is 1. The highest BCUT2D eigenvalue weighted by molar-refractivity contribution is 5.91. The number of carbonyl (C=O) groups is 1. The van der Waals surface area contributed by atoms with Gasteiger partial charge in [0.05, 0.1) is 4.92 Å². The molecular weight excluding hydrogens is 283 g/mol. The summed E-state index contributed by atoms with van der Waals surface area (Å²) in [5.74, 6) is -3.31. The Morgan fingerprint density at radius 2 is 2.19 bits per heavy atom. The van der Waals surface area contributed by atoms with Gasteiger partial charge in [-0.3, -0.25) is 10.1 Å². The average Bonchev–Trinajstić information content (AvgIpc) is 2.40. The molecule has 2 rings (SSSR count). The van der Waals surface area contributed by atoms with Crippen LogP contribution in [0.1, 0.15) is 15.9 Å². The summed E-state index contributed by atoms with van der Waals surface area (Å²) in [5.41, 5.74) is -0.614. The average molecular weight is 292 g/mol. The summed E-state index contributed by atoms with van der Waals surface area (Å²) in [6.07, 6.45) is 1.32. The smallest absolute Gasteiger partial charge is 0.342 e. The number of aromatic carboxylic acids is 1. The van der Waals surface area contributed by atoms with Gasteiger partial charge in [0.25, 0.3) is 5.88 Å². The first-order valence-electron chi connectivity index (χ1n) is 5.71. The van der Waals surface area contributed by atoms with Crippen LogP contribution in [0.2, 0.25) is 0 Å². The highest BCUT2D eigenvalue weighted by atomic mass is 19.1. The van der Waals surface area contributed by atoms with Crippen molar-refractivity contribution in [3.63, 3.8) is 0 Å². The Labute approximate surface area is 117 Å². The van der Waals surface area contributed by atoms with Gasteiger partial charge < -0.3 is 9.84 Å². The number of aryl methyl sites for hydroxylation is 1. The number of hydrogen-bond donors (Lipinski definition) is 1. The fourth-order valence-corrected chi connectivity index (χ4v) is 1.65. The lowest BCUT2D eigenvalue weighted by atomic mass is 10.2. The monoisotopic (exact) mass is 292 g/mol. The molecule has 108 valence electrons. The van der Waals surface area contributed by atoms with Gasteiger partial charge in [-0.2, -0.15) is 0 Å². The number of benzene rings is 1. The quantitative estimate of drug-likeness (QED) is 0.686. The Balaban J connectivity index is 2.51. The maximum atomic E-state index is 13.5. The number of hydrogen-bond acceptors (Lipinski definition) is 5. The van der Waals surface area contributed by atoms with Crippen LogP contribution < -0.4 is 4.74 Å². The first kappa shape index (κ1) is 14.4. The predicted octanol–water partition coefficient (Wildman–Crippen LogP) is 2.93. The molecule has 0 saturated heterocycles. The highest BCUT2D eigenvalue weighted by Crippen LogP contribution is 2.32. The van der Waals surface area contributed by atoms with Gasteiger partial charge in [-0.1, -0.05) is 6.07 Å². The molecule has 0 fully saturated rings. The van der Waals surface area contributed by atoms with Crippen LogP contribution in [0.25, 0.3) is 0 Å². The van der Waals surface area contributed by atoms with Crippen LogP contribution in [-0.2, 0) is 0 Å². The van der Waals surface area contributed by atoms with Gasteiger partial charge in [-0.15, -0.1) is 0 Å². The van der Waals surface area contributed by atoms with Crippen molar-refractivity contribution in [1.82, 2.24) is 4.98 Å². The molecule has 0 aliphatic carbocycles. The molecule has 1 N–H and O–H groups in total. The number of halogens is 1. The van der Waals surface area contributed by atoms with Crippen molar-refractivity contribution in [3.05, 3.63) is 57.5 Å². The normalized spacial score (nSPS) is 10.2. The maximum Gasteiger partial charge on any atom is 0.342 e. The standard InChI is InChI=1S/C13H9FN2O5/c1-7-5-9(16(19)20)12(15-6-7)21-10-4-2-3-8(14)11(10)13(17)18/h2-6H,1H3,(H,17,18). The van der Waals surface area contributed by atoms with Gasteiger partial charge in [0.15, 0.2) is 0 Å². The van der Waals surface area contributed by atoms with Crippen LogP contribution in [-0.4, -0.2) is 21.0 Å². The lowest BCUT2D eigenvalue weighted by molar-refractivity contribution is -0.386. The largest absolute Gasteiger partial charge is 0.477 e. The van der Waals surface area contributed by atoms with E-state index in [0.29, 0.717) is 5.56 Å². The molecule has 0 unspecified atom stereocenters. The number of carboxylic acids is 1. The summed E-state index contributed by atoms with van der Waals surface area (Å²) in [6.45, 7) is 1.61. The molecule has 8 heteroatoms. The fourth-order valence-electron chi connectivity index (χ4n) is 1.65. The third-order valence-electron chi connectivity index (χ3n) is 2.56. The first-order valence-corrected chi connectivity index (χ1v) is 5.71. The molecule has 0 amide bonds. The van der Waals surface area contributed by atoms with Crippen LogP contribution in [0.3, 0.4) is 0 Å². The van der Waals surface area contributed by atoms with Gasteiger partial charge in [-0.05, 0) is 24.6 Å². The number of rotatable bonds is 4. The Kier molecular flexibility index (Phi) is 3.79. The van der Waals surface area contributed by atoms with Crippen LogP contribution >= 0.6 is 0 Å². The zero-order valence-corrected chi connectivity index (χ0v) is 10.7. The lowest BCUT2D eigenvalue weighted by Crippen LogP contribution is -2.05. The van der Waals surface area contributed by atoms with Crippen LogP contribution in [0, 0.1) is 22.9 Å². The minimum Gasteiger partial charge on any atom is -0.477 e. The summed E-state index contributed by atoms with van der Waals surface area (Å²) < 4.78 is 18.6.